The number of carbonyl (C=O) groups excluding carboxylic acids is 2. The number of amides is 1. The minimum absolute atomic E-state index is 0.0233. The molecule has 28 heavy (non-hydrogen) atoms. The number of methoxy groups -OCH3 is 1. The first-order valence-corrected chi connectivity index (χ1v) is 9.61. The number of carbonyl (C=O) groups is 2. The minimum atomic E-state index is -0.0233. The van der Waals surface area contributed by atoms with Crippen molar-refractivity contribution in [3.05, 3.63) is 53.9 Å². The summed E-state index contributed by atoms with van der Waals surface area (Å²) in [4.78, 5) is 30.2. The van der Waals surface area contributed by atoms with E-state index < -0.39 is 0 Å². The van der Waals surface area contributed by atoms with E-state index in [1.165, 1.54) is 6.92 Å². The summed E-state index contributed by atoms with van der Waals surface area (Å²) in [6.07, 6.45) is 6.62. The van der Waals surface area contributed by atoms with Crippen LogP contribution in [-0.4, -0.2) is 41.8 Å². The lowest BCUT2D eigenvalue weighted by atomic mass is 10.1. The summed E-state index contributed by atoms with van der Waals surface area (Å²) in [5, 5.41) is 0. The molecule has 1 atom stereocenters. The molecule has 1 aromatic heterocycles. The lowest BCUT2D eigenvalue weighted by Crippen LogP contribution is -2.30. The first kappa shape index (κ1) is 19.9. The van der Waals surface area contributed by atoms with Gasteiger partial charge in [0.15, 0.2) is 17.3 Å². The number of aromatic nitrogens is 1. The summed E-state index contributed by atoms with van der Waals surface area (Å²) in [5.74, 6) is 1.23. The number of Topliss-reactive ketones (excluding diaryl/α,β-unsaturated/α-hetero) is 1. The normalized spacial score (nSPS) is 16.1. The van der Waals surface area contributed by atoms with Crippen molar-refractivity contribution in [3.8, 4) is 11.5 Å². The second-order valence-corrected chi connectivity index (χ2v) is 6.90. The lowest BCUT2D eigenvalue weighted by molar-refractivity contribution is -0.132. The smallest absolute Gasteiger partial charge is 0.223 e. The maximum Gasteiger partial charge on any atom is 0.223 e. The number of nitrogens with zero attached hydrogens (tertiary/aromatic N) is 2. The summed E-state index contributed by atoms with van der Waals surface area (Å²) < 4.78 is 11.1. The molecule has 0 bridgehead atoms. The first-order valence-electron chi connectivity index (χ1n) is 9.61. The average Bonchev–Trinajstić information content (AvgIpc) is 3.21. The molecule has 1 aliphatic rings. The second-order valence-electron chi connectivity index (χ2n) is 6.90. The highest BCUT2D eigenvalue weighted by atomic mass is 16.5. The van der Waals surface area contributed by atoms with E-state index in [9.17, 15) is 9.59 Å². The largest absolute Gasteiger partial charge is 0.493 e. The van der Waals surface area contributed by atoms with Crippen LogP contribution in [0.3, 0.4) is 0 Å². The number of benzene rings is 1. The number of rotatable bonds is 8. The minimum Gasteiger partial charge on any atom is -0.493 e. The van der Waals surface area contributed by atoms with E-state index in [0.717, 1.165) is 24.9 Å². The molecule has 0 N–H and O–H groups in total. The van der Waals surface area contributed by atoms with Crippen LogP contribution in [0.25, 0.3) is 0 Å². The predicted molar refractivity (Wildman–Crippen MR) is 106 cm³/mol. The van der Waals surface area contributed by atoms with Gasteiger partial charge < -0.3 is 14.4 Å². The molecule has 1 saturated heterocycles. The van der Waals surface area contributed by atoms with Crippen LogP contribution in [0.1, 0.15) is 54.6 Å². The van der Waals surface area contributed by atoms with Crippen molar-refractivity contribution in [1.29, 1.82) is 0 Å². The topological polar surface area (TPSA) is 68.7 Å². The zero-order valence-corrected chi connectivity index (χ0v) is 16.4. The monoisotopic (exact) mass is 382 g/mol. The Morgan fingerprint density at radius 2 is 1.96 bits per heavy atom. The van der Waals surface area contributed by atoms with Gasteiger partial charge in [-0.05, 0) is 62.1 Å². The van der Waals surface area contributed by atoms with Gasteiger partial charge in [-0.25, -0.2) is 0 Å². The number of ketones is 1. The zero-order valence-electron chi connectivity index (χ0n) is 16.4. The molecule has 6 nitrogen and oxygen atoms in total. The average molecular weight is 382 g/mol. The van der Waals surface area contributed by atoms with Crippen LogP contribution < -0.4 is 9.47 Å². The molecule has 3 rings (SSSR count). The fourth-order valence-corrected chi connectivity index (χ4v) is 3.55. The molecule has 0 aliphatic carbocycles. The third-order valence-corrected chi connectivity index (χ3v) is 5.03. The van der Waals surface area contributed by atoms with Crippen LogP contribution >= 0.6 is 0 Å². The number of likely N-dealkylation sites (tertiary alicyclic amines) is 1. The maximum atomic E-state index is 12.7. The molecule has 2 heterocycles. The lowest BCUT2D eigenvalue weighted by Gasteiger charge is -2.25. The quantitative estimate of drug-likeness (QED) is 0.513. The van der Waals surface area contributed by atoms with Crippen molar-refractivity contribution < 1.29 is 19.1 Å². The molecule has 1 fully saturated rings. The van der Waals surface area contributed by atoms with Gasteiger partial charge in [-0.15, -0.1) is 0 Å². The van der Waals surface area contributed by atoms with Crippen LogP contribution in [0, 0.1) is 0 Å². The Labute approximate surface area is 165 Å². The van der Waals surface area contributed by atoms with Crippen LogP contribution in [0.5, 0.6) is 11.5 Å². The van der Waals surface area contributed by atoms with Crippen LogP contribution in [-0.2, 0) is 4.79 Å². The third-order valence-electron chi connectivity index (χ3n) is 5.03. The second kappa shape index (κ2) is 9.35. The standard InChI is InChI=1S/C22H26N2O4/c1-16(25)18-7-8-20(21(15-18)27-2)28-14-4-6-22(26)24-13-3-5-19(24)17-9-11-23-12-10-17/h7-12,15,19H,3-6,13-14H2,1-2H3. The van der Waals surface area contributed by atoms with Gasteiger partial charge in [0.1, 0.15) is 0 Å². The van der Waals surface area contributed by atoms with Gasteiger partial charge in [0.25, 0.3) is 0 Å². The van der Waals surface area contributed by atoms with Gasteiger partial charge in [-0.3, -0.25) is 14.6 Å². The number of pyridine rings is 1. The molecule has 0 radical (unpaired) electrons. The molecule has 1 aliphatic heterocycles. The Balaban J connectivity index is 1.51. The molecule has 148 valence electrons. The summed E-state index contributed by atoms with van der Waals surface area (Å²) in [5.41, 5.74) is 1.72. The highest BCUT2D eigenvalue weighted by Gasteiger charge is 2.29. The fourth-order valence-electron chi connectivity index (χ4n) is 3.55. The van der Waals surface area contributed by atoms with E-state index in [0.29, 0.717) is 36.5 Å². The molecule has 1 unspecified atom stereocenters. The maximum absolute atomic E-state index is 12.7. The molecule has 1 aromatic carbocycles. The van der Waals surface area contributed by atoms with Gasteiger partial charge in [0, 0.05) is 30.9 Å². The zero-order chi connectivity index (χ0) is 19.9. The number of hydrogen-bond donors (Lipinski definition) is 0. The predicted octanol–water partition coefficient (Wildman–Crippen LogP) is 3.82. The van der Waals surface area contributed by atoms with Crippen LogP contribution in [0.4, 0.5) is 0 Å². The summed E-state index contributed by atoms with van der Waals surface area (Å²) >= 11 is 0. The summed E-state index contributed by atoms with van der Waals surface area (Å²) in [6, 6.07) is 9.24. The Bertz CT molecular complexity index is 823. The number of hydrogen-bond acceptors (Lipinski definition) is 5. The Morgan fingerprint density at radius 1 is 1.18 bits per heavy atom. The Hall–Kier alpha value is -2.89. The van der Waals surface area contributed by atoms with E-state index in [1.807, 2.05) is 17.0 Å². The third kappa shape index (κ3) is 4.68. The van der Waals surface area contributed by atoms with E-state index in [4.69, 9.17) is 9.47 Å². The van der Waals surface area contributed by atoms with E-state index in [-0.39, 0.29) is 17.7 Å². The van der Waals surface area contributed by atoms with Crippen molar-refractivity contribution in [3.63, 3.8) is 0 Å². The molecule has 2 aromatic rings. The fraction of sp³-hybridized carbons (Fsp3) is 0.409. The highest BCUT2D eigenvalue weighted by molar-refractivity contribution is 5.94. The highest BCUT2D eigenvalue weighted by Crippen LogP contribution is 2.32. The summed E-state index contributed by atoms with van der Waals surface area (Å²) in [7, 11) is 1.54. The first-order chi connectivity index (χ1) is 13.6. The van der Waals surface area contributed by atoms with Crippen LogP contribution in [0.15, 0.2) is 42.7 Å². The van der Waals surface area contributed by atoms with Crippen molar-refractivity contribution in [2.75, 3.05) is 20.3 Å². The molecule has 0 saturated carbocycles. The molecular weight excluding hydrogens is 356 g/mol. The molecule has 1 amide bonds. The van der Waals surface area contributed by atoms with E-state index in [2.05, 4.69) is 4.98 Å². The van der Waals surface area contributed by atoms with E-state index >= 15 is 0 Å². The van der Waals surface area contributed by atoms with Gasteiger partial charge in [-0.1, -0.05) is 0 Å². The molecular formula is C22H26N2O4. The van der Waals surface area contributed by atoms with Crippen LogP contribution in [0.2, 0.25) is 0 Å². The van der Waals surface area contributed by atoms with Gasteiger partial charge in [0.05, 0.1) is 19.8 Å². The van der Waals surface area contributed by atoms with Crippen molar-refractivity contribution in [1.82, 2.24) is 9.88 Å². The van der Waals surface area contributed by atoms with Crippen molar-refractivity contribution in [2.24, 2.45) is 0 Å². The van der Waals surface area contributed by atoms with Gasteiger partial charge in [-0.2, -0.15) is 0 Å². The Kier molecular flexibility index (Phi) is 6.63. The van der Waals surface area contributed by atoms with Gasteiger partial charge >= 0.3 is 0 Å². The molecule has 6 heteroatoms. The SMILES string of the molecule is COc1cc(C(C)=O)ccc1OCCCC(=O)N1CCCC1c1ccncc1. The van der Waals surface area contributed by atoms with E-state index in [1.54, 1.807) is 37.7 Å². The van der Waals surface area contributed by atoms with Crippen molar-refractivity contribution in [2.45, 2.75) is 38.6 Å². The molecule has 0 spiro atoms. The summed E-state index contributed by atoms with van der Waals surface area (Å²) in [6.45, 7) is 2.72. The van der Waals surface area contributed by atoms with Gasteiger partial charge in [0.2, 0.25) is 5.91 Å². The van der Waals surface area contributed by atoms with Crippen molar-refractivity contribution >= 4 is 11.7 Å². The Morgan fingerprint density at radius 3 is 2.68 bits per heavy atom. The number of ether oxygens (including phenoxy) is 2.